The number of amides is 1. The number of hydrogen-bond donors (Lipinski definition) is 2. The van der Waals surface area contributed by atoms with Gasteiger partial charge in [-0.2, -0.15) is 0 Å². The Morgan fingerprint density at radius 3 is 2.83 bits per heavy atom. The van der Waals surface area contributed by atoms with Crippen LogP contribution in [0, 0.1) is 11.6 Å². The number of nitrogens with zero attached hydrogens (tertiary/aromatic N) is 1. The fourth-order valence-corrected chi connectivity index (χ4v) is 2.57. The number of nitrogens with one attached hydrogen (secondary N) is 2. The summed E-state index contributed by atoms with van der Waals surface area (Å²) in [5.74, 6) is -1.46. The lowest BCUT2D eigenvalue weighted by Crippen LogP contribution is -2.27. The number of rotatable bonds is 4. The quantitative estimate of drug-likeness (QED) is 0.907. The molecule has 1 aromatic heterocycles. The number of hydrogen-bond acceptors (Lipinski definition) is 4. The lowest BCUT2D eigenvalue weighted by molar-refractivity contribution is 0.0945. The summed E-state index contributed by atoms with van der Waals surface area (Å²) >= 11 is 0. The minimum Gasteiger partial charge on any atom is -0.448 e. The summed E-state index contributed by atoms with van der Waals surface area (Å²) < 4.78 is 31.4. The molecule has 0 unspecified atom stereocenters. The number of piperidine rings is 1. The zero-order valence-electron chi connectivity index (χ0n) is 12.4. The van der Waals surface area contributed by atoms with Crippen LogP contribution in [0.3, 0.4) is 0 Å². The highest BCUT2D eigenvalue weighted by molar-refractivity contribution is 5.91. The highest BCUT2D eigenvalue weighted by atomic mass is 19.2. The average Bonchev–Trinajstić information content (AvgIpc) is 3.06. The Hall–Kier alpha value is -2.28. The molecule has 5 nitrogen and oxygen atoms in total. The van der Waals surface area contributed by atoms with Crippen molar-refractivity contribution in [2.45, 2.75) is 25.3 Å². The van der Waals surface area contributed by atoms with Gasteiger partial charge in [-0.1, -0.05) is 6.07 Å². The first kappa shape index (κ1) is 15.6. The van der Waals surface area contributed by atoms with Gasteiger partial charge in [0, 0.05) is 12.5 Å². The van der Waals surface area contributed by atoms with E-state index in [9.17, 15) is 13.6 Å². The Morgan fingerprint density at radius 2 is 2.09 bits per heavy atom. The lowest BCUT2D eigenvalue weighted by atomic mass is 9.98. The van der Waals surface area contributed by atoms with Crippen LogP contribution in [0.15, 0.2) is 28.9 Å². The van der Waals surface area contributed by atoms with Crippen LogP contribution in [0.1, 0.15) is 40.7 Å². The van der Waals surface area contributed by atoms with Gasteiger partial charge in [-0.15, -0.1) is 0 Å². The van der Waals surface area contributed by atoms with Crippen molar-refractivity contribution >= 4 is 5.91 Å². The van der Waals surface area contributed by atoms with E-state index in [2.05, 4.69) is 15.6 Å². The molecule has 0 spiro atoms. The number of carbonyl (C=O) groups excluding carboxylic acids is 1. The highest BCUT2D eigenvalue weighted by Gasteiger charge is 2.21. The standard InChI is InChI=1S/C16H17F2N3O2/c17-12-2-1-10(7-13(12)18)8-20-15(22)14-9-23-16(21-14)11-3-5-19-6-4-11/h1-2,7,9,11,19H,3-6,8H2,(H,20,22). The highest BCUT2D eigenvalue weighted by Crippen LogP contribution is 2.24. The van der Waals surface area contributed by atoms with Crippen LogP contribution in [0.25, 0.3) is 0 Å². The number of halogens is 2. The predicted octanol–water partition coefficient (Wildman–Crippen LogP) is 2.35. The van der Waals surface area contributed by atoms with Crippen molar-refractivity contribution in [1.82, 2.24) is 15.6 Å². The summed E-state index contributed by atoms with van der Waals surface area (Å²) in [6.07, 6.45) is 3.19. The molecule has 7 heteroatoms. The maximum absolute atomic E-state index is 13.1. The van der Waals surface area contributed by atoms with Gasteiger partial charge in [-0.05, 0) is 43.6 Å². The third-order valence-electron chi connectivity index (χ3n) is 3.88. The zero-order chi connectivity index (χ0) is 16.2. The molecular weight excluding hydrogens is 304 g/mol. The van der Waals surface area contributed by atoms with E-state index in [-0.39, 0.29) is 18.2 Å². The molecule has 1 aliphatic rings. The number of carbonyl (C=O) groups is 1. The van der Waals surface area contributed by atoms with Crippen molar-refractivity contribution in [3.8, 4) is 0 Å². The minimum absolute atomic E-state index is 0.0889. The Morgan fingerprint density at radius 1 is 1.30 bits per heavy atom. The summed E-state index contributed by atoms with van der Waals surface area (Å²) in [7, 11) is 0. The van der Waals surface area contributed by atoms with E-state index < -0.39 is 17.5 Å². The molecule has 1 amide bonds. The molecule has 0 saturated carbocycles. The SMILES string of the molecule is O=C(NCc1ccc(F)c(F)c1)c1coc(C2CCNCC2)n1. The van der Waals surface area contributed by atoms with E-state index >= 15 is 0 Å². The van der Waals surface area contributed by atoms with E-state index in [0.717, 1.165) is 38.1 Å². The molecule has 1 fully saturated rings. The Bertz CT molecular complexity index is 696. The van der Waals surface area contributed by atoms with Crippen molar-refractivity contribution in [3.63, 3.8) is 0 Å². The van der Waals surface area contributed by atoms with E-state index in [1.54, 1.807) is 0 Å². The molecular formula is C16H17F2N3O2. The van der Waals surface area contributed by atoms with Crippen molar-refractivity contribution in [3.05, 3.63) is 53.2 Å². The van der Waals surface area contributed by atoms with Crippen LogP contribution < -0.4 is 10.6 Å². The molecule has 3 rings (SSSR count). The van der Waals surface area contributed by atoms with Crippen LogP contribution in [0.4, 0.5) is 8.78 Å². The van der Waals surface area contributed by atoms with Crippen molar-refractivity contribution in [1.29, 1.82) is 0 Å². The molecule has 0 aliphatic carbocycles. The van der Waals surface area contributed by atoms with E-state index in [1.807, 2.05) is 0 Å². The Labute approximate surface area is 132 Å². The molecule has 0 atom stereocenters. The monoisotopic (exact) mass is 321 g/mol. The second kappa shape index (κ2) is 6.87. The second-order valence-corrected chi connectivity index (χ2v) is 5.53. The van der Waals surface area contributed by atoms with Crippen molar-refractivity contribution in [2.75, 3.05) is 13.1 Å². The Kier molecular flexibility index (Phi) is 4.66. The first-order chi connectivity index (χ1) is 11.1. The summed E-state index contributed by atoms with van der Waals surface area (Å²) in [5, 5.41) is 5.87. The van der Waals surface area contributed by atoms with Gasteiger partial charge < -0.3 is 15.1 Å². The van der Waals surface area contributed by atoms with E-state index in [4.69, 9.17) is 4.42 Å². The molecule has 1 aromatic carbocycles. The van der Waals surface area contributed by atoms with Gasteiger partial charge in [0.1, 0.15) is 6.26 Å². The van der Waals surface area contributed by atoms with Gasteiger partial charge in [0.15, 0.2) is 23.2 Å². The third kappa shape index (κ3) is 3.73. The van der Waals surface area contributed by atoms with Crippen LogP contribution in [-0.2, 0) is 6.54 Å². The molecule has 2 aromatic rings. The predicted molar refractivity (Wildman–Crippen MR) is 78.9 cm³/mol. The third-order valence-corrected chi connectivity index (χ3v) is 3.88. The number of benzene rings is 1. The normalized spacial score (nSPS) is 15.6. The van der Waals surface area contributed by atoms with Crippen LogP contribution >= 0.6 is 0 Å². The number of oxazole rings is 1. The summed E-state index contributed by atoms with van der Waals surface area (Å²) in [5.41, 5.74) is 0.667. The van der Waals surface area contributed by atoms with E-state index in [1.165, 1.54) is 12.3 Å². The average molecular weight is 321 g/mol. The van der Waals surface area contributed by atoms with Crippen LogP contribution in [-0.4, -0.2) is 24.0 Å². The molecule has 2 heterocycles. The van der Waals surface area contributed by atoms with Crippen molar-refractivity contribution in [2.24, 2.45) is 0 Å². The zero-order valence-corrected chi connectivity index (χ0v) is 12.4. The molecule has 0 bridgehead atoms. The molecule has 1 aliphatic heterocycles. The molecule has 2 N–H and O–H groups in total. The maximum Gasteiger partial charge on any atom is 0.273 e. The summed E-state index contributed by atoms with van der Waals surface area (Å²) in [6, 6.07) is 3.50. The van der Waals surface area contributed by atoms with Crippen LogP contribution in [0.5, 0.6) is 0 Å². The molecule has 23 heavy (non-hydrogen) atoms. The molecule has 1 saturated heterocycles. The smallest absolute Gasteiger partial charge is 0.273 e. The fourth-order valence-electron chi connectivity index (χ4n) is 2.57. The van der Waals surface area contributed by atoms with E-state index in [0.29, 0.717) is 11.5 Å². The first-order valence-corrected chi connectivity index (χ1v) is 7.52. The van der Waals surface area contributed by atoms with Gasteiger partial charge in [0.2, 0.25) is 0 Å². The Balaban J connectivity index is 1.59. The maximum atomic E-state index is 13.1. The summed E-state index contributed by atoms with van der Waals surface area (Å²) in [4.78, 5) is 16.3. The second-order valence-electron chi connectivity index (χ2n) is 5.53. The van der Waals surface area contributed by atoms with Crippen LogP contribution in [0.2, 0.25) is 0 Å². The molecule has 122 valence electrons. The lowest BCUT2D eigenvalue weighted by Gasteiger charge is -2.19. The van der Waals surface area contributed by atoms with Gasteiger partial charge in [0.25, 0.3) is 5.91 Å². The first-order valence-electron chi connectivity index (χ1n) is 7.52. The summed E-state index contributed by atoms with van der Waals surface area (Å²) in [6.45, 7) is 1.90. The minimum atomic E-state index is -0.939. The van der Waals surface area contributed by atoms with Gasteiger partial charge in [0.05, 0.1) is 0 Å². The van der Waals surface area contributed by atoms with Gasteiger partial charge in [-0.25, -0.2) is 13.8 Å². The number of aromatic nitrogens is 1. The topological polar surface area (TPSA) is 67.2 Å². The van der Waals surface area contributed by atoms with Gasteiger partial charge >= 0.3 is 0 Å². The fraction of sp³-hybridized carbons (Fsp3) is 0.375. The molecule has 0 radical (unpaired) electrons. The van der Waals surface area contributed by atoms with Gasteiger partial charge in [-0.3, -0.25) is 4.79 Å². The largest absolute Gasteiger partial charge is 0.448 e. The van der Waals surface area contributed by atoms with Crippen molar-refractivity contribution < 1.29 is 18.0 Å².